The number of ether oxygens (including phenoxy) is 2. The quantitative estimate of drug-likeness (QED) is 0.182. The maximum Gasteiger partial charge on any atom is 0.379 e. The Morgan fingerprint density at radius 2 is 1.00 bits per heavy atom. The zero-order valence-electron chi connectivity index (χ0n) is 19.5. The molecule has 0 atom stereocenters. The second-order valence-corrected chi connectivity index (χ2v) is 8.44. The molecule has 0 aliphatic heterocycles. The Labute approximate surface area is 211 Å². The number of esters is 2. The minimum Gasteiger partial charge on any atom is -0.457 e. The number of benzene rings is 4. The minimum atomic E-state index is -0.594. The highest BCUT2D eigenvalue weighted by atomic mass is 16.6. The monoisotopic (exact) mass is 488 g/mol. The number of hydrogen-bond acceptors (Lipinski definition) is 6. The van der Waals surface area contributed by atoms with E-state index < -0.39 is 11.9 Å². The highest BCUT2D eigenvalue weighted by Crippen LogP contribution is 2.36. The van der Waals surface area contributed by atoms with Crippen LogP contribution in [0.25, 0.3) is 21.5 Å². The topological polar surface area (TPSA) is 78.9 Å². The summed E-state index contributed by atoms with van der Waals surface area (Å²) in [4.78, 5) is 25.6. The van der Waals surface area contributed by atoms with Gasteiger partial charge in [0.2, 0.25) is 11.5 Å². The van der Waals surface area contributed by atoms with Crippen molar-refractivity contribution in [3.05, 3.63) is 132 Å². The Morgan fingerprint density at radius 1 is 0.541 bits per heavy atom. The minimum absolute atomic E-state index is 0.109. The summed E-state index contributed by atoms with van der Waals surface area (Å²) in [5.74, 6) is -0.171. The van der Waals surface area contributed by atoms with E-state index in [1.165, 1.54) is 12.5 Å². The third-order valence-electron chi connectivity index (χ3n) is 6.20. The SMILES string of the molecule is O=C(Oc1ccc2ccccc2c1Cc1c(OC(=O)c2ccco2)ccc2ccccc12)c1ccco1. The van der Waals surface area contributed by atoms with Gasteiger partial charge in [-0.3, -0.25) is 0 Å². The van der Waals surface area contributed by atoms with Crippen molar-refractivity contribution in [3.63, 3.8) is 0 Å². The van der Waals surface area contributed by atoms with E-state index in [0.29, 0.717) is 17.9 Å². The second-order valence-electron chi connectivity index (χ2n) is 8.44. The summed E-state index contributed by atoms with van der Waals surface area (Å²) in [6, 6.07) is 29.5. The Morgan fingerprint density at radius 3 is 1.43 bits per heavy atom. The Hall–Kier alpha value is -5.10. The summed E-state index contributed by atoms with van der Waals surface area (Å²) < 4.78 is 22.1. The van der Waals surface area contributed by atoms with Gasteiger partial charge in [0, 0.05) is 17.5 Å². The van der Waals surface area contributed by atoms with Crippen molar-refractivity contribution in [2.75, 3.05) is 0 Å². The molecule has 6 rings (SSSR count). The highest BCUT2D eigenvalue weighted by Gasteiger charge is 2.21. The number of carbonyl (C=O) groups is 2. The summed E-state index contributed by atoms with van der Waals surface area (Å²) in [6.07, 6.45) is 3.19. The summed E-state index contributed by atoms with van der Waals surface area (Å²) >= 11 is 0. The van der Waals surface area contributed by atoms with Crippen LogP contribution in [0.1, 0.15) is 32.2 Å². The molecule has 0 saturated carbocycles. The van der Waals surface area contributed by atoms with E-state index in [1.807, 2.05) is 60.7 Å². The first-order chi connectivity index (χ1) is 18.2. The lowest BCUT2D eigenvalue weighted by Crippen LogP contribution is -2.11. The van der Waals surface area contributed by atoms with Crippen LogP contribution in [0.4, 0.5) is 0 Å². The van der Waals surface area contributed by atoms with Crippen molar-refractivity contribution in [3.8, 4) is 11.5 Å². The lowest BCUT2D eigenvalue weighted by molar-refractivity contribution is 0.0693. The standard InChI is InChI=1S/C31H20O6/c32-30(28-11-5-17-34-28)36-26-15-13-20-7-1-3-9-22(20)24(26)19-25-23-10-4-2-8-21(23)14-16-27(25)37-31(33)29-12-6-18-35-29/h1-18H,19H2. The summed E-state index contributed by atoms with van der Waals surface area (Å²) in [5.41, 5.74) is 1.56. The highest BCUT2D eigenvalue weighted by molar-refractivity contribution is 5.95. The third-order valence-corrected chi connectivity index (χ3v) is 6.20. The Kier molecular flexibility index (Phi) is 5.75. The average Bonchev–Trinajstić information content (AvgIpc) is 3.66. The fraction of sp³-hybridized carbons (Fsp3) is 0.0323. The van der Waals surface area contributed by atoms with E-state index in [9.17, 15) is 9.59 Å². The van der Waals surface area contributed by atoms with Crippen LogP contribution >= 0.6 is 0 Å². The molecule has 180 valence electrons. The van der Waals surface area contributed by atoms with Crippen molar-refractivity contribution in [1.82, 2.24) is 0 Å². The van der Waals surface area contributed by atoms with Crippen LogP contribution in [-0.4, -0.2) is 11.9 Å². The summed E-state index contributed by atoms with van der Waals surface area (Å²) in [6.45, 7) is 0. The number of rotatable bonds is 6. The molecular weight excluding hydrogens is 468 g/mol. The van der Waals surface area contributed by atoms with Crippen LogP contribution in [0.5, 0.6) is 11.5 Å². The largest absolute Gasteiger partial charge is 0.457 e. The zero-order valence-corrected chi connectivity index (χ0v) is 19.5. The molecular formula is C31H20O6. The molecule has 0 fully saturated rings. The molecule has 4 aromatic carbocycles. The van der Waals surface area contributed by atoms with Gasteiger partial charge in [-0.2, -0.15) is 0 Å². The van der Waals surface area contributed by atoms with Crippen LogP contribution in [0, 0.1) is 0 Å². The predicted molar refractivity (Wildman–Crippen MR) is 138 cm³/mol. The molecule has 0 aliphatic carbocycles. The van der Waals surface area contributed by atoms with Crippen molar-refractivity contribution < 1.29 is 27.9 Å². The zero-order chi connectivity index (χ0) is 25.2. The maximum absolute atomic E-state index is 12.8. The average molecular weight is 488 g/mol. The van der Waals surface area contributed by atoms with Gasteiger partial charge in [-0.05, 0) is 57.9 Å². The van der Waals surface area contributed by atoms with Crippen molar-refractivity contribution in [1.29, 1.82) is 0 Å². The molecule has 37 heavy (non-hydrogen) atoms. The second kappa shape index (κ2) is 9.51. The van der Waals surface area contributed by atoms with E-state index in [0.717, 1.165) is 32.7 Å². The van der Waals surface area contributed by atoms with Gasteiger partial charge >= 0.3 is 11.9 Å². The molecule has 6 heteroatoms. The van der Waals surface area contributed by atoms with Crippen LogP contribution in [0.3, 0.4) is 0 Å². The van der Waals surface area contributed by atoms with Gasteiger partial charge in [0.25, 0.3) is 0 Å². The normalized spacial score (nSPS) is 11.0. The van der Waals surface area contributed by atoms with E-state index in [2.05, 4.69) is 0 Å². The van der Waals surface area contributed by atoms with Gasteiger partial charge in [0.05, 0.1) is 12.5 Å². The summed E-state index contributed by atoms with van der Waals surface area (Å²) in [7, 11) is 0. The lowest BCUT2D eigenvalue weighted by Gasteiger charge is -2.17. The molecule has 6 nitrogen and oxygen atoms in total. The molecule has 0 saturated heterocycles. The van der Waals surface area contributed by atoms with Gasteiger partial charge < -0.3 is 18.3 Å². The number of carbonyl (C=O) groups excluding carboxylic acids is 2. The number of furan rings is 2. The Balaban J connectivity index is 1.48. The molecule has 0 unspecified atom stereocenters. The van der Waals surface area contributed by atoms with Gasteiger partial charge in [0.1, 0.15) is 11.5 Å². The van der Waals surface area contributed by atoms with Crippen molar-refractivity contribution in [2.24, 2.45) is 0 Å². The van der Waals surface area contributed by atoms with E-state index in [4.69, 9.17) is 18.3 Å². The molecule has 0 bridgehead atoms. The first-order valence-electron chi connectivity index (χ1n) is 11.7. The smallest absolute Gasteiger partial charge is 0.379 e. The molecule has 2 heterocycles. The predicted octanol–water partition coefficient (Wildman–Crippen LogP) is 7.21. The fourth-order valence-corrected chi connectivity index (χ4v) is 4.45. The van der Waals surface area contributed by atoms with Crippen molar-refractivity contribution >= 4 is 33.5 Å². The van der Waals surface area contributed by atoms with Crippen LogP contribution in [0.15, 0.2) is 118 Å². The first kappa shape index (κ1) is 22.4. The van der Waals surface area contributed by atoms with Crippen LogP contribution in [-0.2, 0) is 6.42 Å². The molecule has 0 N–H and O–H groups in total. The lowest BCUT2D eigenvalue weighted by atomic mass is 9.93. The van der Waals surface area contributed by atoms with Gasteiger partial charge in [0.15, 0.2) is 0 Å². The van der Waals surface area contributed by atoms with Gasteiger partial charge in [-0.15, -0.1) is 0 Å². The number of hydrogen-bond donors (Lipinski definition) is 0. The molecule has 0 amide bonds. The first-order valence-corrected chi connectivity index (χ1v) is 11.7. The van der Waals surface area contributed by atoms with E-state index >= 15 is 0 Å². The van der Waals surface area contributed by atoms with E-state index in [-0.39, 0.29) is 11.5 Å². The number of fused-ring (bicyclic) bond motifs is 2. The van der Waals surface area contributed by atoms with Gasteiger partial charge in [-0.1, -0.05) is 60.7 Å². The molecule has 0 radical (unpaired) electrons. The third kappa shape index (κ3) is 4.36. The Bertz CT molecular complexity index is 1600. The van der Waals surface area contributed by atoms with Crippen LogP contribution < -0.4 is 9.47 Å². The molecule has 0 spiro atoms. The van der Waals surface area contributed by atoms with Gasteiger partial charge in [-0.25, -0.2) is 9.59 Å². The molecule has 2 aromatic heterocycles. The fourth-order valence-electron chi connectivity index (χ4n) is 4.45. The van der Waals surface area contributed by atoms with Crippen LogP contribution in [0.2, 0.25) is 0 Å². The van der Waals surface area contributed by atoms with E-state index in [1.54, 1.807) is 36.4 Å². The molecule has 0 aliphatic rings. The molecule has 6 aromatic rings. The maximum atomic E-state index is 12.8. The van der Waals surface area contributed by atoms with Crippen molar-refractivity contribution in [2.45, 2.75) is 6.42 Å². The summed E-state index contributed by atoms with van der Waals surface area (Å²) in [5, 5.41) is 3.82.